The molecule has 0 aromatic carbocycles. The highest BCUT2D eigenvalue weighted by molar-refractivity contribution is 5.52. The van der Waals surface area contributed by atoms with Gasteiger partial charge in [-0.2, -0.15) is 4.98 Å². The number of ether oxygens (including phenoxy) is 1. The zero-order valence-corrected chi connectivity index (χ0v) is 9.97. The average Bonchev–Trinajstić information content (AvgIpc) is 2.99. The summed E-state index contributed by atoms with van der Waals surface area (Å²) in [5.41, 5.74) is 1.24. The molecule has 1 N–H and O–H groups in total. The molecule has 0 radical (unpaired) electrons. The smallest absolute Gasteiger partial charge is 0.258 e. The molecular weight excluding hydrogens is 234 g/mol. The van der Waals surface area contributed by atoms with Crippen molar-refractivity contribution in [1.82, 2.24) is 15.1 Å². The summed E-state index contributed by atoms with van der Waals surface area (Å²) in [6, 6.07) is 3.26. The Kier molecular flexibility index (Phi) is 2.71. The Balaban J connectivity index is 1.94. The van der Waals surface area contributed by atoms with Crippen LogP contribution in [0.1, 0.15) is 23.9 Å². The summed E-state index contributed by atoms with van der Waals surface area (Å²) in [4.78, 5) is 18.4. The van der Waals surface area contributed by atoms with E-state index in [1.54, 1.807) is 0 Å². The third-order valence-corrected chi connectivity index (χ3v) is 2.96. The maximum Gasteiger partial charge on any atom is 0.258 e. The van der Waals surface area contributed by atoms with E-state index in [-0.39, 0.29) is 11.5 Å². The number of aromatic amines is 1. The molecular formula is C12H13N3O3. The van der Waals surface area contributed by atoms with Gasteiger partial charge in [-0.05, 0) is 19.4 Å². The summed E-state index contributed by atoms with van der Waals surface area (Å²) in [6.45, 7) is 3.18. The van der Waals surface area contributed by atoms with Crippen LogP contribution in [-0.2, 0) is 4.74 Å². The Morgan fingerprint density at radius 1 is 1.44 bits per heavy atom. The van der Waals surface area contributed by atoms with Crippen molar-refractivity contribution in [3.63, 3.8) is 0 Å². The highest BCUT2D eigenvalue weighted by atomic mass is 16.5. The number of nitrogens with one attached hydrogen (secondary N) is 1. The Labute approximate surface area is 103 Å². The topological polar surface area (TPSA) is 81.0 Å². The van der Waals surface area contributed by atoms with Crippen LogP contribution >= 0.6 is 0 Å². The van der Waals surface area contributed by atoms with Crippen LogP contribution in [-0.4, -0.2) is 28.3 Å². The lowest BCUT2D eigenvalue weighted by Gasteiger charge is -1.98. The number of rotatable bonds is 2. The number of aromatic nitrogens is 3. The van der Waals surface area contributed by atoms with Crippen LogP contribution in [0.5, 0.6) is 0 Å². The van der Waals surface area contributed by atoms with Crippen LogP contribution in [0, 0.1) is 6.92 Å². The van der Waals surface area contributed by atoms with Crippen molar-refractivity contribution in [2.45, 2.75) is 19.3 Å². The first-order valence-electron chi connectivity index (χ1n) is 5.85. The third-order valence-electron chi connectivity index (χ3n) is 2.96. The van der Waals surface area contributed by atoms with Gasteiger partial charge in [0.2, 0.25) is 5.56 Å². The molecule has 94 valence electrons. The molecule has 6 nitrogen and oxygen atoms in total. The van der Waals surface area contributed by atoms with Gasteiger partial charge < -0.3 is 14.2 Å². The fourth-order valence-corrected chi connectivity index (χ4v) is 2.06. The number of hydrogen-bond donors (Lipinski definition) is 1. The number of pyridine rings is 1. The van der Waals surface area contributed by atoms with Crippen molar-refractivity contribution in [3.8, 4) is 11.5 Å². The first-order chi connectivity index (χ1) is 8.72. The van der Waals surface area contributed by atoms with Crippen LogP contribution in [0.2, 0.25) is 0 Å². The van der Waals surface area contributed by atoms with Crippen LogP contribution < -0.4 is 5.56 Å². The largest absolute Gasteiger partial charge is 0.381 e. The van der Waals surface area contributed by atoms with E-state index in [9.17, 15) is 4.79 Å². The lowest BCUT2D eigenvalue weighted by Crippen LogP contribution is -2.05. The molecule has 1 saturated heterocycles. The molecule has 1 atom stereocenters. The predicted octanol–water partition coefficient (Wildman–Crippen LogP) is 1.24. The van der Waals surface area contributed by atoms with Gasteiger partial charge in [0.15, 0.2) is 5.82 Å². The van der Waals surface area contributed by atoms with E-state index in [1.165, 1.54) is 6.07 Å². The standard InChI is InChI=1S/C12H13N3O3/c1-7-4-9(5-10(16)13-7)12-14-11(15-18-12)8-2-3-17-6-8/h4-5,8H,2-3,6H2,1H3,(H,13,16)/t8-/m0/s1. The van der Waals surface area contributed by atoms with Crippen molar-refractivity contribution < 1.29 is 9.26 Å². The van der Waals surface area contributed by atoms with Crippen molar-refractivity contribution >= 4 is 0 Å². The minimum Gasteiger partial charge on any atom is -0.381 e. The monoisotopic (exact) mass is 247 g/mol. The van der Waals surface area contributed by atoms with Gasteiger partial charge in [-0.15, -0.1) is 0 Å². The van der Waals surface area contributed by atoms with Crippen LogP contribution in [0.4, 0.5) is 0 Å². The molecule has 0 amide bonds. The molecule has 0 unspecified atom stereocenters. The van der Waals surface area contributed by atoms with E-state index in [0.717, 1.165) is 18.7 Å². The van der Waals surface area contributed by atoms with Gasteiger partial charge in [-0.25, -0.2) is 0 Å². The molecule has 0 bridgehead atoms. The Morgan fingerprint density at radius 3 is 3.06 bits per heavy atom. The van der Waals surface area contributed by atoms with Crippen molar-refractivity contribution in [3.05, 3.63) is 34.0 Å². The van der Waals surface area contributed by atoms with E-state index in [0.29, 0.717) is 23.9 Å². The predicted molar refractivity (Wildman–Crippen MR) is 63.3 cm³/mol. The first-order valence-corrected chi connectivity index (χ1v) is 5.85. The molecule has 0 saturated carbocycles. The van der Waals surface area contributed by atoms with Gasteiger partial charge >= 0.3 is 0 Å². The Morgan fingerprint density at radius 2 is 2.33 bits per heavy atom. The molecule has 1 aliphatic rings. The molecule has 2 aromatic heterocycles. The fourth-order valence-electron chi connectivity index (χ4n) is 2.06. The third kappa shape index (κ3) is 2.06. The van der Waals surface area contributed by atoms with Gasteiger partial charge in [0.05, 0.1) is 6.61 Å². The minimum atomic E-state index is -0.172. The molecule has 6 heteroatoms. The number of hydrogen-bond acceptors (Lipinski definition) is 5. The van der Waals surface area contributed by atoms with Gasteiger partial charge in [0.1, 0.15) is 0 Å². The second-order valence-corrected chi connectivity index (χ2v) is 4.43. The van der Waals surface area contributed by atoms with E-state index in [4.69, 9.17) is 9.26 Å². The zero-order valence-electron chi connectivity index (χ0n) is 9.97. The summed E-state index contributed by atoms with van der Waals surface area (Å²) >= 11 is 0. The molecule has 3 rings (SSSR count). The van der Waals surface area contributed by atoms with E-state index in [2.05, 4.69) is 15.1 Å². The summed E-state index contributed by atoms with van der Waals surface area (Å²) < 4.78 is 10.5. The molecule has 1 aliphatic heterocycles. The number of nitrogens with zero attached hydrogens (tertiary/aromatic N) is 2. The molecule has 18 heavy (non-hydrogen) atoms. The molecule has 0 aliphatic carbocycles. The maximum atomic E-state index is 11.4. The van der Waals surface area contributed by atoms with Gasteiger partial charge in [-0.3, -0.25) is 4.79 Å². The lowest BCUT2D eigenvalue weighted by atomic mass is 10.1. The second-order valence-electron chi connectivity index (χ2n) is 4.43. The van der Waals surface area contributed by atoms with Gasteiger partial charge in [0, 0.05) is 29.8 Å². The molecule has 2 aromatic rings. The van der Waals surface area contributed by atoms with Gasteiger partial charge in [0.25, 0.3) is 5.89 Å². The fraction of sp³-hybridized carbons (Fsp3) is 0.417. The highest BCUT2D eigenvalue weighted by Crippen LogP contribution is 2.25. The summed E-state index contributed by atoms with van der Waals surface area (Å²) in [7, 11) is 0. The summed E-state index contributed by atoms with van der Waals surface area (Å²) in [5, 5.41) is 3.96. The van der Waals surface area contributed by atoms with Crippen molar-refractivity contribution in [2.24, 2.45) is 0 Å². The van der Waals surface area contributed by atoms with Gasteiger partial charge in [-0.1, -0.05) is 5.16 Å². The van der Waals surface area contributed by atoms with Crippen molar-refractivity contribution in [1.29, 1.82) is 0 Å². The normalized spacial score (nSPS) is 19.3. The summed E-state index contributed by atoms with van der Waals surface area (Å²) in [5.74, 6) is 1.23. The SMILES string of the molecule is Cc1cc(-c2nc([C@H]3CCOC3)no2)cc(=O)[nH]1. The molecule has 0 spiro atoms. The minimum absolute atomic E-state index is 0.172. The zero-order chi connectivity index (χ0) is 12.5. The van der Waals surface area contributed by atoms with Crippen LogP contribution in [0.25, 0.3) is 11.5 Å². The Bertz CT molecular complexity index is 611. The first kappa shape index (κ1) is 11.2. The second kappa shape index (κ2) is 4.38. The lowest BCUT2D eigenvalue weighted by molar-refractivity contribution is 0.192. The van der Waals surface area contributed by atoms with E-state index < -0.39 is 0 Å². The number of H-pyrrole nitrogens is 1. The average molecular weight is 247 g/mol. The molecule has 1 fully saturated rings. The van der Waals surface area contributed by atoms with Crippen LogP contribution in [0.15, 0.2) is 21.5 Å². The van der Waals surface area contributed by atoms with Crippen molar-refractivity contribution in [2.75, 3.05) is 13.2 Å². The van der Waals surface area contributed by atoms with E-state index >= 15 is 0 Å². The highest BCUT2D eigenvalue weighted by Gasteiger charge is 2.23. The summed E-state index contributed by atoms with van der Waals surface area (Å²) in [6.07, 6.45) is 0.910. The van der Waals surface area contributed by atoms with E-state index in [1.807, 2.05) is 13.0 Å². The molecule has 3 heterocycles. The number of aryl methyl sites for hydroxylation is 1. The van der Waals surface area contributed by atoms with Crippen LogP contribution in [0.3, 0.4) is 0 Å². The Hall–Kier alpha value is -1.95. The quantitative estimate of drug-likeness (QED) is 0.863. The maximum absolute atomic E-state index is 11.4.